The van der Waals surface area contributed by atoms with Crippen LogP contribution in [0.25, 0.3) is 0 Å². The first kappa shape index (κ1) is 7.41. The Morgan fingerprint density at radius 3 is 3.08 bits per heavy atom. The van der Waals surface area contributed by atoms with E-state index in [4.69, 9.17) is 4.74 Å². The molecule has 1 heterocycles. The number of allylic oxidation sites excluding steroid dienone is 1. The molecular formula is C11H12O. The van der Waals surface area contributed by atoms with Gasteiger partial charge in [-0.1, -0.05) is 24.8 Å². The van der Waals surface area contributed by atoms with E-state index in [1.165, 1.54) is 16.7 Å². The molecule has 62 valence electrons. The molecule has 1 aliphatic rings. The van der Waals surface area contributed by atoms with Crippen molar-refractivity contribution in [1.29, 1.82) is 0 Å². The van der Waals surface area contributed by atoms with Crippen molar-refractivity contribution < 1.29 is 4.74 Å². The molecule has 0 atom stereocenters. The summed E-state index contributed by atoms with van der Waals surface area (Å²) >= 11 is 0. The predicted octanol–water partition coefficient (Wildman–Crippen LogP) is 2.58. The highest BCUT2D eigenvalue weighted by molar-refractivity contribution is 5.37. The highest BCUT2D eigenvalue weighted by atomic mass is 16.5. The van der Waals surface area contributed by atoms with E-state index in [0.717, 1.165) is 12.2 Å². The van der Waals surface area contributed by atoms with Crippen molar-refractivity contribution in [2.45, 2.75) is 20.0 Å². The van der Waals surface area contributed by atoms with Crippen LogP contribution in [0.4, 0.5) is 0 Å². The van der Waals surface area contributed by atoms with Crippen LogP contribution in [-0.2, 0) is 17.8 Å². The van der Waals surface area contributed by atoms with Crippen molar-refractivity contribution in [2.75, 3.05) is 0 Å². The Hall–Kier alpha value is -1.24. The van der Waals surface area contributed by atoms with Gasteiger partial charge in [-0.2, -0.15) is 0 Å². The normalized spacial score (nSPS) is 15.2. The second-order valence-electron chi connectivity index (χ2n) is 3.22. The smallest absolute Gasteiger partial charge is 0.113 e. The van der Waals surface area contributed by atoms with Crippen molar-refractivity contribution in [3.8, 4) is 0 Å². The molecule has 0 unspecified atom stereocenters. The lowest BCUT2D eigenvalue weighted by atomic mass is 9.97. The third-order valence-electron chi connectivity index (χ3n) is 2.31. The molecule has 1 nitrogen and oxygen atoms in total. The molecule has 0 spiro atoms. The zero-order valence-electron chi connectivity index (χ0n) is 7.26. The summed E-state index contributed by atoms with van der Waals surface area (Å²) < 4.78 is 5.36. The Labute approximate surface area is 72.7 Å². The van der Waals surface area contributed by atoms with Crippen LogP contribution < -0.4 is 0 Å². The van der Waals surface area contributed by atoms with Crippen LogP contribution in [0, 0.1) is 6.92 Å². The minimum Gasteiger partial charge on any atom is -0.494 e. The van der Waals surface area contributed by atoms with Gasteiger partial charge in [0, 0.05) is 6.42 Å². The largest absolute Gasteiger partial charge is 0.494 e. The first-order valence-corrected chi connectivity index (χ1v) is 4.15. The van der Waals surface area contributed by atoms with E-state index in [9.17, 15) is 0 Å². The lowest BCUT2D eigenvalue weighted by Crippen LogP contribution is -2.08. The van der Waals surface area contributed by atoms with Gasteiger partial charge in [-0.15, -0.1) is 0 Å². The predicted molar refractivity (Wildman–Crippen MR) is 48.8 cm³/mol. The van der Waals surface area contributed by atoms with Gasteiger partial charge in [0.05, 0.1) is 5.76 Å². The fourth-order valence-electron chi connectivity index (χ4n) is 1.58. The van der Waals surface area contributed by atoms with Gasteiger partial charge in [0.2, 0.25) is 0 Å². The summed E-state index contributed by atoms with van der Waals surface area (Å²) in [5.41, 5.74) is 4.05. The van der Waals surface area contributed by atoms with Crippen molar-refractivity contribution in [2.24, 2.45) is 0 Å². The number of aryl methyl sites for hydroxylation is 1. The summed E-state index contributed by atoms with van der Waals surface area (Å²) in [7, 11) is 0. The van der Waals surface area contributed by atoms with E-state index in [0.29, 0.717) is 6.61 Å². The molecule has 0 radical (unpaired) electrons. The van der Waals surface area contributed by atoms with E-state index >= 15 is 0 Å². The molecule has 0 N–H and O–H groups in total. The Kier molecular flexibility index (Phi) is 1.65. The number of fused-ring (bicyclic) bond motifs is 1. The van der Waals surface area contributed by atoms with Crippen LogP contribution in [0.3, 0.4) is 0 Å². The summed E-state index contributed by atoms with van der Waals surface area (Å²) in [4.78, 5) is 0. The van der Waals surface area contributed by atoms with Crippen LogP contribution in [-0.4, -0.2) is 0 Å². The molecule has 0 amide bonds. The standard InChI is InChI=1S/C11H12O/c1-8-4-3-5-10-7-12-9(2)6-11(8)10/h3-5H,2,6-7H2,1H3. The highest BCUT2D eigenvalue weighted by Crippen LogP contribution is 2.24. The highest BCUT2D eigenvalue weighted by Gasteiger charge is 2.13. The summed E-state index contributed by atoms with van der Waals surface area (Å²) in [6, 6.07) is 6.33. The lowest BCUT2D eigenvalue weighted by molar-refractivity contribution is 0.182. The Morgan fingerprint density at radius 2 is 2.25 bits per heavy atom. The van der Waals surface area contributed by atoms with Crippen LogP contribution in [0.5, 0.6) is 0 Å². The van der Waals surface area contributed by atoms with Crippen LogP contribution >= 0.6 is 0 Å². The number of benzene rings is 1. The van der Waals surface area contributed by atoms with Crippen molar-refractivity contribution in [3.63, 3.8) is 0 Å². The van der Waals surface area contributed by atoms with E-state index in [-0.39, 0.29) is 0 Å². The van der Waals surface area contributed by atoms with Crippen LogP contribution in [0.1, 0.15) is 16.7 Å². The van der Waals surface area contributed by atoms with Gasteiger partial charge in [-0.05, 0) is 23.6 Å². The molecular weight excluding hydrogens is 148 g/mol. The van der Waals surface area contributed by atoms with Gasteiger partial charge in [0.1, 0.15) is 6.61 Å². The van der Waals surface area contributed by atoms with Crippen molar-refractivity contribution in [1.82, 2.24) is 0 Å². The zero-order valence-corrected chi connectivity index (χ0v) is 7.26. The van der Waals surface area contributed by atoms with Gasteiger partial charge in [0.15, 0.2) is 0 Å². The lowest BCUT2D eigenvalue weighted by Gasteiger charge is -2.20. The fourth-order valence-corrected chi connectivity index (χ4v) is 1.58. The first-order valence-electron chi connectivity index (χ1n) is 4.15. The monoisotopic (exact) mass is 160 g/mol. The molecule has 12 heavy (non-hydrogen) atoms. The van der Waals surface area contributed by atoms with Gasteiger partial charge >= 0.3 is 0 Å². The first-order chi connectivity index (χ1) is 5.77. The quantitative estimate of drug-likeness (QED) is 0.566. The van der Waals surface area contributed by atoms with Gasteiger partial charge in [0.25, 0.3) is 0 Å². The molecule has 0 aliphatic carbocycles. The Morgan fingerprint density at radius 1 is 1.42 bits per heavy atom. The number of hydrogen-bond acceptors (Lipinski definition) is 1. The van der Waals surface area contributed by atoms with Crippen molar-refractivity contribution >= 4 is 0 Å². The maximum Gasteiger partial charge on any atom is 0.113 e. The Balaban J connectivity index is 2.50. The maximum atomic E-state index is 5.36. The summed E-state index contributed by atoms with van der Waals surface area (Å²) in [6.45, 7) is 6.66. The third-order valence-corrected chi connectivity index (χ3v) is 2.31. The number of hydrogen-bond donors (Lipinski definition) is 0. The molecule has 1 aromatic rings. The van der Waals surface area contributed by atoms with E-state index in [1.54, 1.807) is 0 Å². The topological polar surface area (TPSA) is 9.23 Å². The second-order valence-corrected chi connectivity index (χ2v) is 3.22. The summed E-state index contributed by atoms with van der Waals surface area (Å²) in [5.74, 6) is 0.886. The van der Waals surface area contributed by atoms with Gasteiger partial charge in [-0.25, -0.2) is 0 Å². The molecule has 0 saturated heterocycles. The minimum atomic E-state index is 0.690. The van der Waals surface area contributed by atoms with Crippen LogP contribution in [0.15, 0.2) is 30.5 Å². The van der Waals surface area contributed by atoms with Gasteiger partial charge < -0.3 is 4.74 Å². The minimum absolute atomic E-state index is 0.690. The molecule has 1 aliphatic heterocycles. The van der Waals surface area contributed by atoms with Crippen molar-refractivity contribution in [3.05, 3.63) is 47.2 Å². The average Bonchev–Trinajstić information content (AvgIpc) is 2.07. The molecule has 0 aromatic heterocycles. The average molecular weight is 160 g/mol. The molecule has 2 rings (SSSR count). The SMILES string of the molecule is C=C1Cc2c(C)cccc2CO1. The molecule has 0 bridgehead atoms. The van der Waals surface area contributed by atoms with Crippen LogP contribution in [0.2, 0.25) is 0 Å². The second kappa shape index (κ2) is 2.67. The molecule has 0 fully saturated rings. The fraction of sp³-hybridized carbons (Fsp3) is 0.273. The third kappa shape index (κ3) is 1.11. The number of rotatable bonds is 0. The molecule has 1 aromatic carbocycles. The molecule has 0 saturated carbocycles. The van der Waals surface area contributed by atoms with E-state index < -0.39 is 0 Å². The van der Waals surface area contributed by atoms with E-state index in [2.05, 4.69) is 31.7 Å². The Bertz CT molecular complexity index is 326. The zero-order chi connectivity index (χ0) is 8.55. The summed E-state index contributed by atoms with van der Waals surface area (Å²) in [6.07, 6.45) is 0.877. The van der Waals surface area contributed by atoms with E-state index in [1.807, 2.05) is 0 Å². The van der Waals surface area contributed by atoms with Gasteiger partial charge in [-0.3, -0.25) is 0 Å². The molecule has 1 heteroatoms. The summed E-state index contributed by atoms with van der Waals surface area (Å²) in [5, 5.41) is 0. The number of ether oxygens (including phenoxy) is 1. The maximum absolute atomic E-state index is 5.36.